The summed E-state index contributed by atoms with van der Waals surface area (Å²) in [6.07, 6.45) is 7.95. The molecule has 2 N–H and O–H groups in total. The molecule has 0 spiro atoms. The average Bonchev–Trinajstić information content (AvgIpc) is 3.94. The fourth-order valence-corrected chi connectivity index (χ4v) is 7.46. The second-order valence-electron chi connectivity index (χ2n) is 18.0. The van der Waals surface area contributed by atoms with Gasteiger partial charge in [0.2, 0.25) is 0 Å². The third-order valence-corrected chi connectivity index (χ3v) is 11.5. The number of non-ortho nitro benzene ring substituents is 1. The Bertz CT molecular complexity index is 2620. The highest BCUT2D eigenvalue weighted by Gasteiger charge is 2.35. The molecule has 20 heteroatoms. The van der Waals surface area contributed by atoms with E-state index in [0.29, 0.717) is 72.7 Å². The molecule has 0 radical (unpaired) electrons. The average molecular weight is 909 g/mol. The number of fused-ring (bicyclic) bond motifs is 1. The van der Waals surface area contributed by atoms with E-state index >= 15 is 0 Å². The number of ketones is 1. The van der Waals surface area contributed by atoms with Gasteiger partial charge in [-0.3, -0.25) is 39.3 Å². The minimum absolute atomic E-state index is 0.119. The standard InChI is InChI=1S/C46H56N10O10/c1-9-46(8,65-29-44(4,5)49-36-16-15-34(55(60)61)23-37(36)56(62)63)24-33-27-53(51-50-33)20-18-45(6,7)64-28-31(3)66-38-17-19-47-41-39(38)35(25-48-41)40(57)43(59)54-22-21-52(26-30(54)2)42(58)32-13-11-10-12-14-32/h10-17,19,23,25,27-28,30,49H,9,18,20-22,24,26,29H2,1-8H3,(H,47,48)/b31-28+/t30-,46?/m1/s1. The van der Waals surface area contributed by atoms with Crippen molar-refractivity contribution in [2.45, 2.75) is 104 Å². The Balaban J connectivity index is 1.02. The summed E-state index contributed by atoms with van der Waals surface area (Å²) < 4.78 is 20.5. The van der Waals surface area contributed by atoms with E-state index in [2.05, 4.69) is 25.6 Å². The van der Waals surface area contributed by atoms with Gasteiger partial charge in [-0.2, -0.15) is 0 Å². The molecule has 0 bridgehead atoms. The van der Waals surface area contributed by atoms with E-state index in [1.54, 1.807) is 46.8 Å². The molecule has 3 aromatic heterocycles. The zero-order chi connectivity index (χ0) is 48.0. The summed E-state index contributed by atoms with van der Waals surface area (Å²) in [5, 5.41) is 35.0. The van der Waals surface area contributed by atoms with E-state index in [9.17, 15) is 34.6 Å². The molecule has 66 heavy (non-hydrogen) atoms. The normalized spacial score (nSPS) is 15.6. The van der Waals surface area contributed by atoms with Gasteiger partial charge in [0, 0.05) is 75.3 Å². The number of aromatic nitrogens is 5. The lowest BCUT2D eigenvalue weighted by Crippen LogP contribution is -2.56. The summed E-state index contributed by atoms with van der Waals surface area (Å²) in [6.45, 7) is 16.4. The van der Waals surface area contributed by atoms with Crippen LogP contribution in [0.5, 0.6) is 5.75 Å². The van der Waals surface area contributed by atoms with Crippen molar-refractivity contribution in [3.8, 4) is 5.75 Å². The fraction of sp³-hybridized carbons (Fsp3) is 0.435. The fourth-order valence-electron chi connectivity index (χ4n) is 7.46. The molecule has 0 saturated carbocycles. The first-order chi connectivity index (χ1) is 31.2. The molecule has 5 aromatic rings. The molecule has 2 amide bonds. The van der Waals surface area contributed by atoms with Gasteiger partial charge in [-0.15, -0.1) is 5.10 Å². The quantitative estimate of drug-likeness (QED) is 0.0257. The van der Waals surface area contributed by atoms with E-state index in [-0.39, 0.29) is 42.0 Å². The Morgan fingerprint density at radius 1 is 1.02 bits per heavy atom. The number of rotatable bonds is 20. The molecule has 1 aliphatic rings. The number of nitro groups is 2. The van der Waals surface area contributed by atoms with E-state index in [1.807, 2.05) is 60.7 Å². The number of nitrogens with zero attached hydrogens (tertiary/aromatic N) is 8. The topological polar surface area (TPSA) is 243 Å². The number of ether oxygens (including phenoxy) is 3. The van der Waals surface area contributed by atoms with Crippen molar-refractivity contribution in [1.82, 2.24) is 34.8 Å². The Kier molecular flexibility index (Phi) is 14.5. The van der Waals surface area contributed by atoms with Gasteiger partial charge in [0.15, 0.2) is 0 Å². The number of hydrogen-bond acceptors (Lipinski definition) is 14. The molecular formula is C46H56N10O10. The van der Waals surface area contributed by atoms with Crippen LogP contribution in [0.4, 0.5) is 17.1 Å². The molecule has 1 aliphatic heterocycles. The molecular weight excluding hydrogens is 853 g/mol. The number of nitrogens with one attached hydrogen (secondary N) is 2. The number of pyridine rings is 1. The van der Waals surface area contributed by atoms with Crippen LogP contribution in [-0.2, 0) is 27.2 Å². The number of anilines is 1. The van der Waals surface area contributed by atoms with Crippen molar-refractivity contribution in [2.75, 3.05) is 31.6 Å². The minimum Gasteiger partial charge on any atom is -0.492 e. The van der Waals surface area contributed by atoms with Gasteiger partial charge >= 0.3 is 0 Å². The Labute approximate surface area is 381 Å². The van der Waals surface area contributed by atoms with Crippen LogP contribution in [0, 0.1) is 20.2 Å². The van der Waals surface area contributed by atoms with Crippen molar-refractivity contribution in [3.05, 3.63) is 122 Å². The Hall–Kier alpha value is -7.22. The summed E-state index contributed by atoms with van der Waals surface area (Å²) in [5.41, 5.74) is -0.976. The Morgan fingerprint density at radius 2 is 1.76 bits per heavy atom. The van der Waals surface area contributed by atoms with Gasteiger partial charge in [-0.1, -0.05) is 30.3 Å². The van der Waals surface area contributed by atoms with Crippen LogP contribution in [0.3, 0.4) is 0 Å². The van der Waals surface area contributed by atoms with Crippen LogP contribution in [0.15, 0.2) is 85.2 Å². The van der Waals surface area contributed by atoms with E-state index in [1.165, 1.54) is 35.7 Å². The summed E-state index contributed by atoms with van der Waals surface area (Å²) in [5.74, 6) is -0.821. The molecule has 350 valence electrons. The smallest absolute Gasteiger partial charge is 0.299 e. The lowest BCUT2D eigenvalue weighted by Gasteiger charge is -2.39. The number of benzene rings is 2. The summed E-state index contributed by atoms with van der Waals surface area (Å²) in [6, 6.07) is 13.6. The molecule has 0 aliphatic carbocycles. The number of aromatic amines is 1. The van der Waals surface area contributed by atoms with E-state index < -0.39 is 44.0 Å². The molecule has 1 unspecified atom stereocenters. The van der Waals surface area contributed by atoms with Crippen molar-refractivity contribution >= 4 is 45.7 Å². The van der Waals surface area contributed by atoms with Gasteiger partial charge < -0.3 is 34.3 Å². The number of nitro benzene ring substituents is 2. The number of allylic oxidation sites excluding steroid dienone is 1. The maximum absolute atomic E-state index is 13.8. The molecule has 4 heterocycles. The number of piperazine rings is 1. The van der Waals surface area contributed by atoms with E-state index in [4.69, 9.17) is 14.2 Å². The zero-order valence-corrected chi connectivity index (χ0v) is 38.4. The van der Waals surface area contributed by atoms with Gasteiger partial charge in [-0.25, -0.2) is 4.98 Å². The van der Waals surface area contributed by atoms with Gasteiger partial charge in [0.25, 0.3) is 29.0 Å². The molecule has 2 atom stereocenters. The number of carbonyl (C=O) groups excluding carboxylic acids is 3. The highest BCUT2D eigenvalue weighted by atomic mass is 16.6. The van der Waals surface area contributed by atoms with E-state index in [0.717, 1.165) is 6.07 Å². The van der Waals surface area contributed by atoms with Crippen molar-refractivity contribution in [1.29, 1.82) is 0 Å². The molecule has 2 aromatic carbocycles. The van der Waals surface area contributed by atoms with Crippen molar-refractivity contribution in [3.63, 3.8) is 0 Å². The zero-order valence-electron chi connectivity index (χ0n) is 38.4. The first-order valence-electron chi connectivity index (χ1n) is 21.6. The highest BCUT2D eigenvalue weighted by Crippen LogP contribution is 2.33. The lowest BCUT2D eigenvalue weighted by molar-refractivity contribution is -0.393. The van der Waals surface area contributed by atoms with Crippen LogP contribution >= 0.6 is 0 Å². The predicted octanol–water partition coefficient (Wildman–Crippen LogP) is 7.27. The maximum atomic E-state index is 13.8. The van der Waals surface area contributed by atoms with Crippen molar-refractivity contribution in [2.24, 2.45) is 0 Å². The molecule has 1 saturated heterocycles. The largest absolute Gasteiger partial charge is 0.492 e. The maximum Gasteiger partial charge on any atom is 0.299 e. The first-order valence-corrected chi connectivity index (χ1v) is 21.6. The molecule has 6 rings (SSSR count). The van der Waals surface area contributed by atoms with Crippen LogP contribution in [0.25, 0.3) is 11.0 Å². The lowest BCUT2D eigenvalue weighted by atomic mass is 9.96. The number of amides is 2. The Morgan fingerprint density at radius 3 is 2.44 bits per heavy atom. The third-order valence-electron chi connectivity index (χ3n) is 11.5. The third kappa shape index (κ3) is 11.7. The summed E-state index contributed by atoms with van der Waals surface area (Å²) in [4.78, 5) is 72.5. The number of hydrogen-bond donors (Lipinski definition) is 2. The van der Waals surface area contributed by atoms with Crippen molar-refractivity contribution < 1.29 is 38.4 Å². The number of Topliss-reactive ketones (excluding diaryl/α,β-unsaturated/α-hetero) is 1. The first kappa shape index (κ1) is 48.2. The van der Waals surface area contributed by atoms with Gasteiger partial charge in [-0.05, 0) is 79.2 Å². The molecule has 20 nitrogen and oxygen atoms in total. The highest BCUT2D eigenvalue weighted by molar-refractivity contribution is 6.45. The summed E-state index contributed by atoms with van der Waals surface area (Å²) in [7, 11) is 0. The number of H-pyrrole nitrogens is 1. The van der Waals surface area contributed by atoms with Gasteiger partial charge in [0.1, 0.15) is 34.7 Å². The van der Waals surface area contributed by atoms with Gasteiger partial charge in [0.05, 0.1) is 50.3 Å². The summed E-state index contributed by atoms with van der Waals surface area (Å²) >= 11 is 0. The molecule has 1 fully saturated rings. The number of carbonyl (C=O) groups is 3. The minimum atomic E-state index is -0.780. The second-order valence-corrected chi connectivity index (χ2v) is 18.0. The SMILES string of the molecule is CCC(C)(Cc1cn(CCC(C)(C)O/C=C(\C)Oc2ccnc3[nH]cc(C(=O)C(=O)N4CCN(C(=O)c5ccccc5)C[C@H]4C)c23)nn1)OCC(C)(C)Nc1ccc([N+](=O)[O-])cc1[N+](=O)[O-]. The second kappa shape index (κ2) is 19.9. The number of aryl methyl sites for hydroxylation is 1. The monoisotopic (exact) mass is 908 g/mol. The van der Waals surface area contributed by atoms with Crippen LogP contribution in [0.2, 0.25) is 0 Å². The predicted molar refractivity (Wildman–Crippen MR) is 244 cm³/mol. The van der Waals surface area contributed by atoms with Crippen LogP contribution in [0.1, 0.15) is 94.6 Å². The van der Waals surface area contributed by atoms with Crippen LogP contribution < -0.4 is 10.1 Å². The van der Waals surface area contributed by atoms with Crippen LogP contribution in [-0.4, -0.2) is 111 Å².